The zero-order valence-electron chi connectivity index (χ0n) is 12.1. The lowest BCUT2D eigenvalue weighted by Gasteiger charge is -2.38. The minimum atomic E-state index is -0.0499. The summed E-state index contributed by atoms with van der Waals surface area (Å²) in [4.78, 5) is 14.6. The number of carbonyl (C=O) groups is 1. The zero-order valence-corrected chi connectivity index (χ0v) is 12.9. The molecule has 0 saturated carbocycles. The lowest BCUT2D eigenvalue weighted by Crippen LogP contribution is -2.48. The highest BCUT2D eigenvalue weighted by Gasteiger charge is 2.33. The number of piperidine rings is 1. The summed E-state index contributed by atoms with van der Waals surface area (Å²) >= 11 is 5.11. The van der Waals surface area contributed by atoms with Crippen molar-refractivity contribution in [1.82, 2.24) is 10.2 Å². The number of hydrogen-bond acceptors (Lipinski definition) is 4. The van der Waals surface area contributed by atoms with Crippen LogP contribution in [0, 0.1) is 5.41 Å². The van der Waals surface area contributed by atoms with E-state index in [-0.39, 0.29) is 17.4 Å². The molecule has 3 N–H and O–H groups in total. The fraction of sp³-hybridized carbons (Fsp3) is 0.846. The van der Waals surface area contributed by atoms with E-state index in [0.717, 1.165) is 25.9 Å². The Morgan fingerprint density at radius 3 is 2.58 bits per heavy atom. The van der Waals surface area contributed by atoms with Gasteiger partial charge in [-0.2, -0.15) is 0 Å². The van der Waals surface area contributed by atoms with Gasteiger partial charge in [-0.25, -0.2) is 0 Å². The minimum absolute atomic E-state index is 0.0449. The maximum absolute atomic E-state index is 11.8. The van der Waals surface area contributed by atoms with Crippen LogP contribution in [0.5, 0.6) is 0 Å². The fourth-order valence-corrected chi connectivity index (χ4v) is 2.47. The molecule has 1 atom stereocenters. The molecule has 0 spiro atoms. The molecule has 0 aromatic heterocycles. The van der Waals surface area contributed by atoms with Crippen molar-refractivity contribution in [3.8, 4) is 0 Å². The van der Waals surface area contributed by atoms with Crippen LogP contribution in [0.25, 0.3) is 0 Å². The first-order valence-corrected chi connectivity index (χ1v) is 7.09. The molecular weight excluding hydrogens is 262 g/mol. The standard InChI is InChI=1S/C13H25N3O2S/c1-10(9-18-3)15-11(17)8-16-6-4-13(2,5-7-16)12(14)19/h10H,4-9H2,1-3H3,(H2,14,19)(H,15,17). The molecule has 0 aromatic rings. The summed E-state index contributed by atoms with van der Waals surface area (Å²) in [6.45, 7) is 6.72. The lowest BCUT2D eigenvalue weighted by atomic mass is 9.80. The third-order valence-corrected chi connectivity index (χ3v) is 4.24. The molecule has 0 aliphatic carbocycles. The van der Waals surface area contributed by atoms with Gasteiger partial charge in [0.2, 0.25) is 5.91 Å². The second-order valence-electron chi connectivity index (χ2n) is 5.62. The van der Waals surface area contributed by atoms with Crippen LogP contribution in [0.15, 0.2) is 0 Å². The first-order valence-electron chi connectivity index (χ1n) is 6.68. The molecule has 1 amide bonds. The quantitative estimate of drug-likeness (QED) is 0.697. The van der Waals surface area contributed by atoms with E-state index in [1.165, 1.54) is 0 Å². The number of rotatable bonds is 6. The molecule has 0 aromatic carbocycles. The number of amides is 1. The van der Waals surface area contributed by atoms with Crippen LogP contribution >= 0.6 is 12.2 Å². The maximum atomic E-state index is 11.8. The number of methoxy groups -OCH3 is 1. The van der Waals surface area contributed by atoms with Crippen LogP contribution in [0.4, 0.5) is 0 Å². The van der Waals surface area contributed by atoms with Crippen molar-refractivity contribution in [3.05, 3.63) is 0 Å². The Morgan fingerprint density at radius 1 is 1.53 bits per heavy atom. The Balaban J connectivity index is 2.33. The Hall–Kier alpha value is -0.720. The topological polar surface area (TPSA) is 67.6 Å². The molecule has 1 unspecified atom stereocenters. The summed E-state index contributed by atoms with van der Waals surface area (Å²) in [6.07, 6.45) is 1.84. The first kappa shape index (κ1) is 16.3. The van der Waals surface area contributed by atoms with Gasteiger partial charge < -0.3 is 15.8 Å². The van der Waals surface area contributed by atoms with E-state index in [4.69, 9.17) is 22.7 Å². The third kappa shape index (κ3) is 5.04. The van der Waals surface area contributed by atoms with Gasteiger partial charge in [-0.15, -0.1) is 0 Å². The van der Waals surface area contributed by atoms with Gasteiger partial charge >= 0.3 is 0 Å². The van der Waals surface area contributed by atoms with E-state index < -0.39 is 0 Å². The predicted octanol–water partition coefficient (Wildman–Crippen LogP) is 0.526. The Morgan fingerprint density at radius 2 is 2.11 bits per heavy atom. The Kier molecular flexibility index (Phi) is 6.16. The van der Waals surface area contributed by atoms with Gasteiger partial charge in [0.1, 0.15) is 0 Å². The molecule has 1 rings (SSSR count). The SMILES string of the molecule is COCC(C)NC(=O)CN1CCC(C)(C(N)=S)CC1. The van der Waals surface area contributed by atoms with Gasteiger partial charge in [0.05, 0.1) is 18.1 Å². The number of nitrogens with two attached hydrogens (primary N) is 1. The highest BCUT2D eigenvalue weighted by Crippen LogP contribution is 2.30. The molecule has 0 radical (unpaired) electrons. The number of carbonyl (C=O) groups excluding carboxylic acids is 1. The molecule has 1 aliphatic rings. The maximum Gasteiger partial charge on any atom is 0.234 e. The van der Waals surface area contributed by atoms with E-state index in [1.54, 1.807) is 7.11 Å². The Bertz CT molecular complexity index is 328. The summed E-state index contributed by atoms with van der Waals surface area (Å²) < 4.78 is 4.99. The fourth-order valence-electron chi connectivity index (χ4n) is 2.27. The molecule has 1 aliphatic heterocycles. The van der Waals surface area contributed by atoms with Crippen LogP contribution in [-0.4, -0.2) is 55.2 Å². The van der Waals surface area contributed by atoms with E-state index in [0.29, 0.717) is 18.1 Å². The number of ether oxygens (including phenoxy) is 1. The van der Waals surface area contributed by atoms with Crippen molar-refractivity contribution in [2.45, 2.75) is 32.7 Å². The third-order valence-electron chi connectivity index (χ3n) is 3.75. The number of likely N-dealkylation sites (tertiary alicyclic amines) is 1. The van der Waals surface area contributed by atoms with Gasteiger partial charge in [0.25, 0.3) is 0 Å². The van der Waals surface area contributed by atoms with Gasteiger partial charge in [-0.1, -0.05) is 19.1 Å². The molecule has 0 bridgehead atoms. The second kappa shape index (κ2) is 7.17. The summed E-state index contributed by atoms with van der Waals surface area (Å²) in [7, 11) is 1.63. The van der Waals surface area contributed by atoms with E-state index in [9.17, 15) is 4.79 Å². The van der Waals surface area contributed by atoms with Crippen molar-refractivity contribution in [3.63, 3.8) is 0 Å². The van der Waals surface area contributed by atoms with Gasteiger partial charge in [0, 0.05) is 18.6 Å². The number of hydrogen-bond donors (Lipinski definition) is 2. The first-order chi connectivity index (χ1) is 8.87. The predicted molar refractivity (Wildman–Crippen MR) is 80.0 cm³/mol. The zero-order chi connectivity index (χ0) is 14.5. The molecule has 5 nitrogen and oxygen atoms in total. The van der Waals surface area contributed by atoms with E-state index >= 15 is 0 Å². The van der Waals surface area contributed by atoms with Crippen LogP contribution in [-0.2, 0) is 9.53 Å². The molecule has 1 fully saturated rings. The van der Waals surface area contributed by atoms with Crippen LogP contribution in [0.3, 0.4) is 0 Å². The number of nitrogens with one attached hydrogen (secondary N) is 1. The molecule has 19 heavy (non-hydrogen) atoms. The van der Waals surface area contributed by atoms with Crippen molar-refractivity contribution in [2.24, 2.45) is 11.1 Å². The van der Waals surface area contributed by atoms with Crippen LogP contribution in [0.2, 0.25) is 0 Å². The van der Waals surface area contributed by atoms with Gasteiger partial charge in [0.15, 0.2) is 0 Å². The average Bonchev–Trinajstić information content (AvgIpc) is 2.32. The Labute approximate surface area is 120 Å². The molecule has 1 heterocycles. The van der Waals surface area contributed by atoms with Crippen molar-refractivity contribution < 1.29 is 9.53 Å². The normalized spacial score (nSPS) is 20.8. The van der Waals surface area contributed by atoms with Crippen molar-refractivity contribution >= 4 is 23.1 Å². The van der Waals surface area contributed by atoms with Crippen LogP contribution in [0.1, 0.15) is 26.7 Å². The van der Waals surface area contributed by atoms with E-state index in [2.05, 4.69) is 17.1 Å². The molecule has 110 valence electrons. The summed E-state index contributed by atoms with van der Waals surface area (Å²) in [5, 5.41) is 2.92. The summed E-state index contributed by atoms with van der Waals surface area (Å²) in [5.74, 6) is 0.0449. The number of nitrogens with zero attached hydrogens (tertiary/aromatic N) is 1. The van der Waals surface area contributed by atoms with Gasteiger partial charge in [-0.3, -0.25) is 9.69 Å². The van der Waals surface area contributed by atoms with Gasteiger partial charge in [-0.05, 0) is 32.9 Å². The molecular formula is C13H25N3O2S. The average molecular weight is 287 g/mol. The highest BCUT2D eigenvalue weighted by atomic mass is 32.1. The lowest BCUT2D eigenvalue weighted by molar-refractivity contribution is -0.123. The highest BCUT2D eigenvalue weighted by molar-refractivity contribution is 7.80. The second-order valence-corrected chi connectivity index (χ2v) is 6.06. The number of thiocarbonyl (C=S) groups is 1. The largest absolute Gasteiger partial charge is 0.393 e. The summed E-state index contributed by atoms with van der Waals surface area (Å²) in [5.41, 5.74) is 5.72. The van der Waals surface area contributed by atoms with E-state index in [1.807, 2.05) is 6.92 Å². The molecule has 1 saturated heterocycles. The monoisotopic (exact) mass is 287 g/mol. The van der Waals surface area contributed by atoms with Crippen molar-refractivity contribution in [2.75, 3.05) is 33.4 Å². The molecule has 6 heteroatoms. The van der Waals surface area contributed by atoms with Crippen molar-refractivity contribution in [1.29, 1.82) is 0 Å². The minimum Gasteiger partial charge on any atom is -0.393 e. The summed E-state index contributed by atoms with van der Waals surface area (Å²) in [6, 6.07) is 0.0455. The smallest absolute Gasteiger partial charge is 0.234 e. The van der Waals surface area contributed by atoms with Crippen LogP contribution < -0.4 is 11.1 Å².